The maximum absolute atomic E-state index is 13.9. The lowest BCUT2D eigenvalue weighted by Gasteiger charge is -2.26. The third-order valence-electron chi connectivity index (χ3n) is 8.07. The van der Waals surface area contributed by atoms with E-state index in [9.17, 15) is 9.59 Å². The van der Waals surface area contributed by atoms with Gasteiger partial charge in [0.25, 0.3) is 5.56 Å². The van der Waals surface area contributed by atoms with Gasteiger partial charge in [-0.25, -0.2) is 0 Å². The average molecular weight is 487 g/mol. The van der Waals surface area contributed by atoms with Crippen molar-refractivity contribution >= 4 is 22.4 Å². The van der Waals surface area contributed by atoms with Gasteiger partial charge in [0.15, 0.2) is 5.78 Å². The molecule has 1 aromatic heterocycles. The van der Waals surface area contributed by atoms with Gasteiger partial charge in [-0.3, -0.25) is 9.59 Å². The summed E-state index contributed by atoms with van der Waals surface area (Å²) in [5, 5.41) is 4.57. The van der Waals surface area contributed by atoms with Gasteiger partial charge in [0.1, 0.15) is 0 Å². The Hall–Kier alpha value is -2.88. The molecule has 4 nitrogen and oxygen atoms in total. The molecule has 192 valence electrons. The molecule has 3 aromatic rings. The summed E-state index contributed by atoms with van der Waals surface area (Å²) in [6.07, 6.45) is 9.23. The van der Waals surface area contributed by atoms with Crippen LogP contribution in [-0.2, 0) is 6.54 Å². The van der Waals surface area contributed by atoms with Crippen LogP contribution in [0, 0.1) is 11.8 Å². The van der Waals surface area contributed by atoms with Crippen LogP contribution in [-0.4, -0.2) is 16.9 Å². The second kappa shape index (κ2) is 11.9. The van der Waals surface area contributed by atoms with Crippen LogP contribution in [0.15, 0.2) is 47.3 Å². The van der Waals surface area contributed by atoms with Crippen molar-refractivity contribution < 1.29 is 4.79 Å². The number of nitrogens with zero attached hydrogens (tertiary/aromatic N) is 1. The molecule has 4 rings (SSSR count). The van der Waals surface area contributed by atoms with E-state index in [0.29, 0.717) is 23.9 Å². The quantitative estimate of drug-likeness (QED) is 0.208. The zero-order valence-electron chi connectivity index (χ0n) is 22.5. The van der Waals surface area contributed by atoms with Crippen molar-refractivity contribution in [2.45, 2.75) is 85.6 Å². The number of rotatable bonds is 13. The number of pyridine rings is 1. The van der Waals surface area contributed by atoms with Gasteiger partial charge in [-0.2, -0.15) is 0 Å². The maximum atomic E-state index is 13.9. The first-order chi connectivity index (χ1) is 17.5. The Kier molecular flexibility index (Phi) is 8.66. The molecular formula is C32H42N2O2. The van der Waals surface area contributed by atoms with Crippen LogP contribution in [0.2, 0.25) is 0 Å². The van der Waals surface area contributed by atoms with Gasteiger partial charge >= 0.3 is 0 Å². The van der Waals surface area contributed by atoms with Crippen molar-refractivity contribution in [3.05, 3.63) is 63.9 Å². The zero-order valence-corrected chi connectivity index (χ0v) is 22.5. The third-order valence-corrected chi connectivity index (χ3v) is 8.07. The van der Waals surface area contributed by atoms with Crippen molar-refractivity contribution in [1.29, 1.82) is 0 Å². The molecule has 0 fully saturated rings. The molecule has 0 saturated carbocycles. The van der Waals surface area contributed by atoms with Gasteiger partial charge in [0, 0.05) is 35.8 Å². The molecule has 1 N–H and O–H groups in total. The molecule has 1 aliphatic rings. The van der Waals surface area contributed by atoms with Crippen LogP contribution in [0.3, 0.4) is 0 Å². The topological polar surface area (TPSA) is 51.1 Å². The summed E-state index contributed by atoms with van der Waals surface area (Å²) >= 11 is 0. The smallest absolute Gasteiger partial charge is 0.251 e. The summed E-state index contributed by atoms with van der Waals surface area (Å²) in [6, 6.07) is 13.6. The SMILES string of the molecule is CCCCC(CC)CNc1ccc2c3c(cc(=O)n2CC(CC)CCCC)-c2ccccc2C(=O)c13. The van der Waals surface area contributed by atoms with Crippen molar-refractivity contribution in [2.75, 3.05) is 11.9 Å². The highest BCUT2D eigenvalue weighted by atomic mass is 16.1. The Balaban J connectivity index is 1.84. The van der Waals surface area contributed by atoms with Crippen molar-refractivity contribution in [3.8, 4) is 11.1 Å². The molecule has 2 atom stereocenters. The van der Waals surface area contributed by atoms with Crippen LogP contribution < -0.4 is 10.9 Å². The summed E-state index contributed by atoms with van der Waals surface area (Å²) in [6.45, 7) is 10.5. The van der Waals surface area contributed by atoms with E-state index in [1.165, 1.54) is 25.7 Å². The fourth-order valence-corrected chi connectivity index (χ4v) is 5.69. The van der Waals surface area contributed by atoms with Gasteiger partial charge in [0.2, 0.25) is 0 Å². The van der Waals surface area contributed by atoms with Crippen LogP contribution >= 0.6 is 0 Å². The molecule has 0 spiro atoms. The summed E-state index contributed by atoms with van der Waals surface area (Å²) in [7, 11) is 0. The second-order valence-electron chi connectivity index (χ2n) is 10.5. The minimum atomic E-state index is 0.0221. The van der Waals surface area contributed by atoms with Gasteiger partial charge in [-0.15, -0.1) is 0 Å². The highest BCUT2D eigenvalue weighted by molar-refractivity contribution is 6.28. The monoisotopic (exact) mass is 486 g/mol. The number of fused-ring (bicyclic) bond motifs is 2. The number of benzene rings is 2. The fraction of sp³-hybridized carbons (Fsp3) is 0.500. The average Bonchev–Trinajstić information content (AvgIpc) is 2.90. The van der Waals surface area contributed by atoms with Crippen molar-refractivity contribution in [1.82, 2.24) is 4.57 Å². The molecule has 2 aromatic carbocycles. The van der Waals surface area contributed by atoms with E-state index < -0.39 is 0 Å². The van der Waals surface area contributed by atoms with E-state index >= 15 is 0 Å². The summed E-state index contributed by atoms with van der Waals surface area (Å²) < 4.78 is 1.92. The number of ketones is 1. The molecule has 0 bridgehead atoms. The van der Waals surface area contributed by atoms with Crippen molar-refractivity contribution in [3.63, 3.8) is 0 Å². The van der Waals surface area contributed by atoms with Crippen molar-refractivity contribution in [2.24, 2.45) is 11.8 Å². The molecular weight excluding hydrogens is 444 g/mol. The van der Waals surface area contributed by atoms with Gasteiger partial charge in [-0.05, 0) is 47.9 Å². The largest absolute Gasteiger partial charge is 0.384 e. The normalized spacial score (nSPS) is 14.1. The molecule has 0 saturated heterocycles. The molecule has 0 amide bonds. The predicted octanol–water partition coefficient (Wildman–Crippen LogP) is 8.06. The number of unbranched alkanes of at least 4 members (excludes halogenated alkanes) is 2. The van der Waals surface area contributed by atoms with Gasteiger partial charge < -0.3 is 9.88 Å². The number of hydrogen-bond acceptors (Lipinski definition) is 3. The number of nitrogens with one attached hydrogen (secondary N) is 1. The van der Waals surface area contributed by atoms with Crippen LogP contribution in [0.25, 0.3) is 22.0 Å². The Morgan fingerprint density at radius 3 is 2.14 bits per heavy atom. The maximum Gasteiger partial charge on any atom is 0.251 e. The van der Waals surface area contributed by atoms with E-state index in [-0.39, 0.29) is 11.3 Å². The summed E-state index contributed by atoms with van der Waals surface area (Å²) in [5.74, 6) is 1.08. The first-order valence-corrected chi connectivity index (χ1v) is 14.1. The lowest BCUT2D eigenvalue weighted by Crippen LogP contribution is -2.26. The van der Waals surface area contributed by atoms with Gasteiger partial charge in [-0.1, -0.05) is 90.5 Å². The number of anilines is 1. The minimum absolute atomic E-state index is 0.0221. The Morgan fingerprint density at radius 1 is 0.806 bits per heavy atom. The number of carbonyl (C=O) groups is 1. The van der Waals surface area contributed by atoms with E-state index in [1.54, 1.807) is 6.07 Å². The third kappa shape index (κ3) is 5.14. The summed E-state index contributed by atoms with van der Waals surface area (Å²) in [4.78, 5) is 27.4. The van der Waals surface area contributed by atoms with Crippen LogP contribution in [0.4, 0.5) is 5.69 Å². The van der Waals surface area contributed by atoms with E-state index in [1.807, 2.05) is 34.9 Å². The Labute approximate surface area is 216 Å². The molecule has 4 heteroatoms. The molecule has 1 aliphatic carbocycles. The predicted molar refractivity (Wildman–Crippen MR) is 152 cm³/mol. The zero-order chi connectivity index (χ0) is 25.7. The first kappa shape index (κ1) is 26.2. The first-order valence-electron chi connectivity index (χ1n) is 14.1. The highest BCUT2D eigenvalue weighted by Crippen LogP contribution is 2.41. The Morgan fingerprint density at radius 2 is 1.47 bits per heavy atom. The molecule has 36 heavy (non-hydrogen) atoms. The molecule has 1 heterocycles. The molecule has 2 unspecified atom stereocenters. The minimum Gasteiger partial charge on any atom is -0.384 e. The number of carbonyl (C=O) groups excluding carboxylic acids is 1. The van der Waals surface area contributed by atoms with Crippen LogP contribution in [0.5, 0.6) is 0 Å². The van der Waals surface area contributed by atoms with Gasteiger partial charge in [0.05, 0.1) is 11.1 Å². The summed E-state index contributed by atoms with van der Waals surface area (Å²) in [5.41, 5.74) is 4.96. The van der Waals surface area contributed by atoms with E-state index in [4.69, 9.17) is 0 Å². The standard InChI is InChI=1S/C32H42N2O2/c1-5-9-13-22(7-3)20-33-27-17-18-28-30-26(24-15-11-12-16-25(24)32(36)31(27)30)19-29(35)34(28)21-23(8-4)14-10-6-2/h11-12,15-19,22-23,33H,5-10,13-14,20-21H2,1-4H3. The van der Waals surface area contributed by atoms with Crippen LogP contribution in [0.1, 0.15) is 95.0 Å². The number of aromatic nitrogens is 1. The molecule has 0 radical (unpaired) electrons. The molecule has 0 aliphatic heterocycles. The second-order valence-corrected chi connectivity index (χ2v) is 10.5. The van der Waals surface area contributed by atoms with E-state index in [0.717, 1.165) is 65.5 Å². The lowest BCUT2D eigenvalue weighted by molar-refractivity contribution is 0.104. The van der Waals surface area contributed by atoms with E-state index in [2.05, 4.69) is 39.1 Å². The Bertz CT molecular complexity index is 1270. The fourth-order valence-electron chi connectivity index (χ4n) is 5.69. The highest BCUT2D eigenvalue weighted by Gasteiger charge is 2.29. The number of hydrogen-bond donors (Lipinski definition) is 1. The lowest BCUT2D eigenvalue weighted by atomic mass is 9.83.